The number of aromatic nitrogens is 2. The number of imide groups is 1. The molecule has 3 aromatic rings. The van der Waals surface area contributed by atoms with Gasteiger partial charge < -0.3 is 10.2 Å². The van der Waals surface area contributed by atoms with E-state index in [-0.39, 0.29) is 18.6 Å². The van der Waals surface area contributed by atoms with Crippen molar-refractivity contribution in [3.05, 3.63) is 66.5 Å². The van der Waals surface area contributed by atoms with Crippen LogP contribution in [0.1, 0.15) is 12.5 Å². The first kappa shape index (κ1) is 19.4. The molecular weight excluding hydrogens is 392 g/mol. The Balaban J connectivity index is 1.32. The number of carbonyl (C=O) groups is 2. The van der Waals surface area contributed by atoms with Crippen molar-refractivity contribution in [2.45, 2.75) is 12.5 Å². The normalized spacial score (nSPS) is 22.2. The monoisotopic (exact) mass is 416 g/mol. The molecule has 0 saturated carbocycles. The number of hydrogen-bond acceptors (Lipinski definition) is 6. The maximum Gasteiger partial charge on any atom is 0.326 e. The lowest BCUT2D eigenvalue weighted by Gasteiger charge is -2.36. The minimum atomic E-state index is -1.09. The second kappa shape index (κ2) is 7.63. The number of carbonyl (C=O) groups excluding carboxylic acids is 2. The van der Waals surface area contributed by atoms with Crippen LogP contribution in [0, 0.1) is 0 Å². The minimum Gasteiger partial charge on any atom is -0.338 e. The van der Waals surface area contributed by atoms with Crippen LogP contribution in [0.2, 0.25) is 0 Å². The third-order valence-corrected chi connectivity index (χ3v) is 6.15. The Kier molecular flexibility index (Phi) is 4.78. The predicted molar refractivity (Wildman–Crippen MR) is 117 cm³/mol. The van der Waals surface area contributed by atoms with Gasteiger partial charge in [0.05, 0.1) is 6.67 Å². The molecule has 1 aromatic heterocycles. The molecule has 158 valence electrons. The molecule has 0 radical (unpaired) electrons. The molecule has 0 unspecified atom stereocenters. The molecule has 0 spiro atoms. The van der Waals surface area contributed by atoms with Gasteiger partial charge >= 0.3 is 6.03 Å². The molecule has 2 saturated heterocycles. The number of fused-ring (bicyclic) bond motifs is 1. The van der Waals surface area contributed by atoms with Gasteiger partial charge in [-0.3, -0.25) is 9.69 Å². The second-order valence-corrected chi connectivity index (χ2v) is 8.11. The number of hydrogen-bond donors (Lipinski definition) is 1. The van der Waals surface area contributed by atoms with Crippen LogP contribution in [0.3, 0.4) is 0 Å². The summed E-state index contributed by atoms with van der Waals surface area (Å²) in [6, 6.07) is 15.2. The third-order valence-electron chi connectivity index (χ3n) is 6.15. The number of anilines is 1. The SMILES string of the molecule is C[C@@]1(c2cccc3ccccc23)NC(=O)N(CN2CCN(c3ncccn3)CC2)C1=O. The molecule has 1 atom stereocenters. The zero-order chi connectivity index (χ0) is 21.4. The van der Waals surface area contributed by atoms with Crippen molar-refractivity contribution in [2.75, 3.05) is 37.7 Å². The standard InChI is InChI=1S/C23H24N6O2/c1-23(19-9-4-7-17-6-2-3-8-18(17)19)20(30)29(22(31)26-23)16-27-12-14-28(15-13-27)21-24-10-5-11-25-21/h2-11H,12-16H2,1H3,(H,26,31)/t23-/m0/s1. The molecule has 1 N–H and O–H groups in total. The van der Waals surface area contributed by atoms with E-state index < -0.39 is 5.54 Å². The smallest absolute Gasteiger partial charge is 0.326 e. The Morgan fingerprint density at radius 1 is 0.935 bits per heavy atom. The van der Waals surface area contributed by atoms with Gasteiger partial charge in [0, 0.05) is 38.6 Å². The van der Waals surface area contributed by atoms with Crippen molar-refractivity contribution in [3.63, 3.8) is 0 Å². The number of rotatable bonds is 4. The Bertz CT molecular complexity index is 1120. The highest BCUT2D eigenvalue weighted by molar-refractivity contribution is 6.09. The first-order chi connectivity index (χ1) is 15.1. The fraction of sp³-hybridized carbons (Fsp3) is 0.304. The number of nitrogens with one attached hydrogen (secondary N) is 1. The van der Waals surface area contributed by atoms with Crippen molar-refractivity contribution >= 4 is 28.7 Å². The highest BCUT2D eigenvalue weighted by atomic mass is 16.2. The molecule has 31 heavy (non-hydrogen) atoms. The molecule has 3 heterocycles. The van der Waals surface area contributed by atoms with Crippen LogP contribution in [-0.4, -0.2) is 64.6 Å². The topological polar surface area (TPSA) is 81.7 Å². The van der Waals surface area contributed by atoms with Crippen molar-refractivity contribution in [1.82, 2.24) is 25.1 Å². The van der Waals surface area contributed by atoms with Gasteiger partial charge in [-0.05, 0) is 29.3 Å². The average Bonchev–Trinajstić information content (AvgIpc) is 3.03. The molecule has 2 aliphatic rings. The summed E-state index contributed by atoms with van der Waals surface area (Å²) >= 11 is 0. The van der Waals surface area contributed by atoms with Crippen LogP contribution >= 0.6 is 0 Å². The van der Waals surface area contributed by atoms with E-state index in [1.807, 2.05) is 42.5 Å². The molecule has 0 bridgehead atoms. The molecule has 2 fully saturated rings. The summed E-state index contributed by atoms with van der Waals surface area (Å²) in [6.07, 6.45) is 3.46. The summed E-state index contributed by atoms with van der Waals surface area (Å²) in [5.41, 5.74) is -0.269. The van der Waals surface area contributed by atoms with E-state index in [0.29, 0.717) is 5.95 Å². The number of piperazine rings is 1. The molecule has 8 heteroatoms. The Morgan fingerprint density at radius 2 is 1.65 bits per heavy atom. The summed E-state index contributed by atoms with van der Waals surface area (Å²) < 4.78 is 0. The van der Waals surface area contributed by atoms with Gasteiger partial charge in [-0.25, -0.2) is 19.7 Å². The number of benzene rings is 2. The fourth-order valence-corrected chi connectivity index (χ4v) is 4.41. The molecule has 8 nitrogen and oxygen atoms in total. The maximum absolute atomic E-state index is 13.4. The Labute approximate surface area is 180 Å². The lowest BCUT2D eigenvalue weighted by atomic mass is 9.88. The van der Waals surface area contributed by atoms with Crippen LogP contribution in [0.25, 0.3) is 10.8 Å². The lowest BCUT2D eigenvalue weighted by Crippen LogP contribution is -2.52. The second-order valence-electron chi connectivity index (χ2n) is 8.11. The number of urea groups is 1. The van der Waals surface area contributed by atoms with Gasteiger partial charge in [-0.1, -0.05) is 42.5 Å². The molecule has 2 aliphatic heterocycles. The first-order valence-electron chi connectivity index (χ1n) is 10.4. The van der Waals surface area contributed by atoms with Gasteiger partial charge in [-0.15, -0.1) is 0 Å². The summed E-state index contributed by atoms with van der Waals surface area (Å²) in [4.78, 5) is 40.4. The zero-order valence-electron chi connectivity index (χ0n) is 17.4. The van der Waals surface area contributed by atoms with Gasteiger partial charge in [0.25, 0.3) is 5.91 Å². The van der Waals surface area contributed by atoms with Crippen LogP contribution in [-0.2, 0) is 10.3 Å². The van der Waals surface area contributed by atoms with Crippen molar-refractivity contribution < 1.29 is 9.59 Å². The van der Waals surface area contributed by atoms with Gasteiger partial charge in [0.2, 0.25) is 5.95 Å². The molecule has 3 amide bonds. The minimum absolute atomic E-state index is 0.220. The Morgan fingerprint density at radius 3 is 2.42 bits per heavy atom. The van der Waals surface area contributed by atoms with Crippen molar-refractivity contribution in [3.8, 4) is 0 Å². The maximum atomic E-state index is 13.4. The summed E-state index contributed by atoms with van der Waals surface area (Å²) in [6.45, 7) is 5.00. The highest BCUT2D eigenvalue weighted by Crippen LogP contribution is 2.34. The van der Waals surface area contributed by atoms with Crippen LogP contribution in [0.4, 0.5) is 10.7 Å². The average molecular weight is 416 g/mol. The van der Waals surface area contributed by atoms with E-state index in [1.54, 1.807) is 25.4 Å². The van der Waals surface area contributed by atoms with E-state index in [0.717, 1.165) is 42.5 Å². The van der Waals surface area contributed by atoms with E-state index in [4.69, 9.17) is 0 Å². The summed E-state index contributed by atoms with van der Waals surface area (Å²) in [5.74, 6) is 0.489. The number of nitrogens with zero attached hydrogens (tertiary/aromatic N) is 5. The van der Waals surface area contributed by atoms with E-state index >= 15 is 0 Å². The predicted octanol–water partition coefficient (Wildman–Crippen LogP) is 2.18. The van der Waals surface area contributed by atoms with Gasteiger partial charge in [0.15, 0.2) is 0 Å². The molecule has 0 aliphatic carbocycles. The largest absolute Gasteiger partial charge is 0.338 e. The first-order valence-corrected chi connectivity index (χ1v) is 10.4. The van der Waals surface area contributed by atoms with Gasteiger partial charge in [-0.2, -0.15) is 0 Å². The van der Waals surface area contributed by atoms with E-state index in [9.17, 15) is 9.59 Å². The van der Waals surface area contributed by atoms with E-state index in [2.05, 4.69) is 25.1 Å². The van der Waals surface area contributed by atoms with Crippen molar-refractivity contribution in [2.24, 2.45) is 0 Å². The summed E-state index contributed by atoms with van der Waals surface area (Å²) in [7, 11) is 0. The van der Waals surface area contributed by atoms with E-state index in [1.165, 1.54) is 4.90 Å². The molecule has 5 rings (SSSR count). The molecular formula is C23H24N6O2. The fourth-order valence-electron chi connectivity index (χ4n) is 4.41. The quantitative estimate of drug-likeness (QED) is 0.657. The van der Waals surface area contributed by atoms with Crippen LogP contribution in [0.5, 0.6) is 0 Å². The van der Waals surface area contributed by atoms with Crippen molar-refractivity contribution in [1.29, 1.82) is 0 Å². The van der Waals surface area contributed by atoms with Crippen LogP contribution < -0.4 is 10.2 Å². The van der Waals surface area contributed by atoms with Crippen LogP contribution in [0.15, 0.2) is 60.9 Å². The molecule has 2 aromatic carbocycles. The highest BCUT2D eigenvalue weighted by Gasteiger charge is 2.50. The lowest BCUT2D eigenvalue weighted by molar-refractivity contribution is -0.132. The third kappa shape index (κ3) is 3.38. The number of amides is 3. The summed E-state index contributed by atoms with van der Waals surface area (Å²) in [5, 5.41) is 4.96. The van der Waals surface area contributed by atoms with Gasteiger partial charge in [0.1, 0.15) is 5.54 Å². The zero-order valence-corrected chi connectivity index (χ0v) is 17.4. The Hall–Kier alpha value is -3.52.